The van der Waals surface area contributed by atoms with Gasteiger partial charge >= 0.3 is 12.1 Å². The van der Waals surface area contributed by atoms with E-state index in [-0.39, 0.29) is 23.9 Å². The maximum atomic E-state index is 14.0. The molecule has 4 rings (SSSR count). The number of esters is 1. The fraction of sp³-hybridized carbons (Fsp3) is 0.704. The van der Waals surface area contributed by atoms with Crippen LogP contribution in [0, 0.1) is 11.3 Å². The van der Waals surface area contributed by atoms with Crippen LogP contribution in [-0.2, 0) is 28.7 Å². The molecule has 3 aliphatic rings. The van der Waals surface area contributed by atoms with Crippen molar-refractivity contribution in [3.05, 3.63) is 34.4 Å². The minimum Gasteiger partial charge on any atom is -0.465 e. The van der Waals surface area contributed by atoms with E-state index < -0.39 is 23.1 Å². The zero-order valence-electron chi connectivity index (χ0n) is 21.0. The predicted molar refractivity (Wildman–Crippen MR) is 127 cm³/mol. The van der Waals surface area contributed by atoms with E-state index in [4.69, 9.17) is 4.74 Å². The molecule has 8 heteroatoms. The molecule has 35 heavy (non-hydrogen) atoms. The van der Waals surface area contributed by atoms with E-state index in [1.807, 2.05) is 0 Å². The molecule has 0 radical (unpaired) electrons. The SMILES string of the molecule is COC(=O)c1cc(C(F)(F)F)cc2c1CCN(C(=O)[C@@]1(C(C)C)CC[C@@H](N3CCCCCC3)C1)C2. The van der Waals surface area contributed by atoms with Gasteiger partial charge in [0.1, 0.15) is 0 Å². The topological polar surface area (TPSA) is 49.9 Å². The summed E-state index contributed by atoms with van der Waals surface area (Å²) in [6.45, 7) is 6.84. The number of alkyl halides is 3. The van der Waals surface area contributed by atoms with E-state index in [1.54, 1.807) is 4.90 Å². The van der Waals surface area contributed by atoms with Crippen LogP contribution in [0.5, 0.6) is 0 Å². The van der Waals surface area contributed by atoms with Crippen molar-refractivity contribution >= 4 is 11.9 Å². The van der Waals surface area contributed by atoms with Gasteiger partial charge < -0.3 is 14.5 Å². The number of carbonyl (C=O) groups excluding carboxylic acids is 2. The zero-order valence-corrected chi connectivity index (χ0v) is 21.0. The summed E-state index contributed by atoms with van der Waals surface area (Å²) >= 11 is 0. The Bertz CT molecular complexity index is 954. The molecule has 194 valence electrons. The lowest BCUT2D eigenvalue weighted by Crippen LogP contribution is -2.48. The van der Waals surface area contributed by atoms with E-state index in [2.05, 4.69) is 18.7 Å². The highest BCUT2D eigenvalue weighted by Crippen LogP contribution is 2.48. The summed E-state index contributed by atoms with van der Waals surface area (Å²) in [6, 6.07) is 2.36. The summed E-state index contributed by atoms with van der Waals surface area (Å²) < 4.78 is 45.5. The molecule has 0 bridgehead atoms. The molecule has 0 spiro atoms. The molecule has 2 aliphatic heterocycles. The molecular formula is C27H37F3N2O3. The van der Waals surface area contributed by atoms with Gasteiger partial charge in [-0.15, -0.1) is 0 Å². The van der Waals surface area contributed by atoms with Crippen molar-refractivity contribution in [3.8, 4) is 0 Å². The molecule has 1 saturated carbocycles. The molecule has 0 aromatic heterocycles. The third-order valence-electron chi connectivity index (χ3n) is 8.57. The summed E-state index contributed by atoms with van der Waals surface area (Å²) in [4.78, 5) is 30.6. The predicted octanol–water partition coefficient (Wildman–Crippen LogP) is 5.45. The third kappa shape index (κ3) is 5.09. The van der Waals surface area contributed by atoms with Crippen molar-refractivity contribution in [1.29, 1.82) is 0 Å². The average Bonchev–Trinajstić information content (AvgIpc) is 3.11. The number of halogens is 3. The fourth-order valence-corrected chi connectivity index (χ4v) is 6.43. The molecule has 2 fully saturated rings. The fourth-order valence-electron chi connectivity index (χ4n) is 6.43. The quantitative estimate of drug-likeness (QED) is 0.523. The highest BCUT2D eigenvalue weighted by Gasteiger charge is 2.50. The molecule has 1 aliphatic carbocycles. The lowest BCUT2D eigenvalue weighted by Gasteiger charge is -2.40. The van der Waals surface area contributed by atoms with E-state index in [0.29, 0.717) is 30.1 Å². The number of hydrogen-bond acceptors (Lipinski definition) is 4. The second-order valence-electron chi connectivity index (χ2n) is 10.8. The first-order valence-corrected chi connectivity index (χ1v) is 12.9. The number of nitrogens with zero attached hydrogens (tertiary/aromatic N) is 2. The van der Waals surface area contributed by atoms with Gasteiger partial charge in [-0.1, -0.05) is 26.7 Å². The molecule has 2 atom stereocenters. The van der Waals surface area contributed by atoms with Gasteiger partial charge in [0.05, 0.1) is 23.7 Å². The Hall–Kier alpha value is -2.09. The van der Waals surface area contributed by atoms with Crippen LogP contribution in [0.15, 0.2) is 12.1 Å². The Balaban J connectivity index is 1.59. The summed E-state index contributed by atoms with van der Waals surface area (Å²) in [6.07, 6.45) is 3.28. The molecule has 5 nitrogen and oxygen atoms in total. The number of amides is 1. The Kier molecular flexibility index (Phi) is 7.51. The van der Waals surface area contributed by atoms with Crippen LogP contribution in [0.25, 0.3) is 0 Å². The van der Waals surface area contributed by atoms with Crippen LogP contribution < -0.4 is 0 Å². The van der Waals surface area contributed by atoms with Crippen molar-refractivity contribution in [2.45, 2.75) is 84.0 Å². The van der Waals surface area contributed by atoms with Gasteiger partial charge in [0, 0.05) is 19.1 Å². The summed E-state index contributed by atoms with van der Waals surface area (Å²) in [5.74, 6) is -0.588. The minimum atomic E-state index is -4.59. The molecular weight excluding hydrogens is 457 g/mol. The molecule has 2 heterocycles. The highest BCUT2D eigenvalue weighted by atomic mass is 19.4. The van der Waals surface area contributed by atoms with Crippen LogP contribution in [0.3, 0.4) is 0 Å². The number of rotatable bonds is 4. The number of hydrogen-bond donors (Lipinski definition) is 0. The van der Waals surface area contributed by atoms with Gasteiger partial charge in [-0.2, -0.15) is 13.2 Å². The first-order chi connectivity index (χ1) is 16.6. The Morgan fingerprint density at radius 1 is 1.09 bits per heavy atom. The molecule has 1 aromatic rings. The van der Waals surface area contributed by atoms with Crippen LogP contribution in [0.1, 0.15) is 85.8 Å². The number of likely N-dealkylation sites (tertiary alicyclic amines) is 1. The lowest BCUT2D eigenvalue weighted by molar-refractivity contribution is -0.146. The molecule has 1 saturated heterocycles. The Labute approximate surface area is 206 Å². The number of ether oxygens (including phenoxy) is 1. The highest BCUT2D eigenvalue weighted by molar-refractivity contribution is 5.92. The summed E-state index contributed by atoms with van der Waals surface area (Å²) in [5, 5.41) is 0. The van der Waals surface area contributed by atoms with Gasteiger partial charge in [-0.05, 0) is 80.8 Å². The normalized spacial score (nSPS) is 25.9. The molecule has 1 amide bonds. The summed E-state index contributed by atoms with van der Waals surface area (Å²) in [7, 11) is 1.17. The van der Waals surface area contributed by atoms with Gasteiger partial charge in [-0.25, -0.2) is 4.79 Å². The monoisotopic (exact) mass is 494 g/mol. The lowest BCUT2D eigenvalue weighted by atomic mass is 9.73. The van der Waals surface area contributed by atoms with Crippen molar-refractivity contribution in [3.63, 3.8) is 0 Å². The third-order valence-corrected chi connectivity index (χ3v) is 8.57. The minimum absolute atomic E-state index is 0.0486. The van der Waals surface area contributed by atoms with Crippen molar-refractivity contribution < 1.29 is 27.5 Å². The number of benzene rings is 1. The number of fused-ring (bicyclic) bond motifs is 1. The second-order valence-corrected chi connectivity index (χ2v) is 10.8. The first kappa shape index (κ1) is 26.0. The van der Waals surface area contributed by atoms with Gasteiger partial charge in [-0.3, -0.25) is 4.79 Å². The van der Waals surface area contributed by atoms with Crippen LogP contribution >= 0.6 is 0 Å². The largest absolute Gasteiger partial charge is 0.465 e. The molecule has 1 aromatic carbocycles. The number of methoxy groups -OCH3 is 1. The molecule has 0 unspecified atom stereocenters. The summed E-state index contributed by atoms with van der Waals surface area (Å²) in [5.41, 5.74) is -0.486. The van der Waals surface area contributed by atoms with Gasteiger partial charge in [0.2, 0.25) is 5.91 Å². The number of carbonyl (C=O) groups is 2. The maximum absolute atomic E-state index is 14.0. The van der Waals surface area contributed by atoms with E-state index >= 15 is 0 Å². The molecule has 0 N–H and O–H groups in total. The van der Waals surface area contributed by atoms with Crippen LogP contribution in [0.4, 0.5) is 13.2 Å². The van der Waals surface area contributed by atoms with Crippen molar-refractivity contribution in [2.24, 2.45) is 11.3 Å². The average molecular weight is 495 g/mol. The van der Waals surface area contributed by atoms with Crippen molar-refractivity contribution in [1.82, 2.24) is 9.80 Å². The first-order valence-electron chi connectivity index (χ1n) is 12.9. The smallest absolute Gasteiger partial charge is 0.416 e. The van der Waals surface area contributed by atoms with E-state index in [0.717, 1.165) is 44.5 Å². The Morgan fingerprint density at radius 2 is 1.77 bits per heavy atom. The zero-order chi connectivity index (χ0) is 25.4. The van der Waals surface area contributed by atoms with Crippen molar-refractivity contribution in [2.75, 3.05) is 26.7 Å². The van der Waals surface area contributed by atoms with E-state index in [1.165, 1.54) is 32.8 Å². The maximum Gasteiger partial charge on any atom is 0.416 e. The standard InChI is InChI=1S/C27H37F3N2O3/c1-18(2)26(10-8-21(16-26)31-11-6-4-5-7-12-31)25(34)32-13-9-22-19(17-32)14-20(27(28,29)30)15-23(22)24(33)35-3/h14-15,18,21H,4-13,16-17H2,1-3H3/t21-,26+/m1/s1. The van der Waals surface area contributed by atoms with Gasteiger partial charge in [0.15, 0.2) is 0 Å². The van der Waals surface area contributed by atoms with Crippen LogP contribution in [-0.4, -0.2) is 54.5 Å². The van der Waals surface area contributed by atoms with Gasteiger partial charge in [0.25, 0.3) is 0 Å². The van der Waals surface area contributed by atoms with E-state index in [9.17, 15) is 22.8 Å². The van der Waals surface area contributed by atoms with Crippen LogP contribution in [0.2, 0.25) is 0 Å². The second kappa shape index (κ2) is 10.1. The Morgan fingerprint density at radius 3 is 2.37 bits per heavy atom.